The number of aromatic amines is 2. The van der Waals surface area contributed by atoms with E-state index in [9.17, 15) is 48.2 Å². The normalized spacial score (nSPS) is 27.7. The first kappa shape index (κ1) is 42.2. The minimum Gasteiger partial charge on any atom is -0.387 e. The van der Waals surface area contributed by atoms with Crippen LogP contribution in [0.3, 0.4) is 0 Å². The Morgan fingerprint density at radius 3 is 2.25 bits per heavy atom. The molecule has 3 aliphatic rings. The van der Waals surface area contributed by atoms with Gasteiger partial charge < -0.3 is 60.5 Å². The van der Waals surface area contributed by atoms with Gasteiger partial charge in [-0.3, -0.25) is 38.1 Å². The second-order valence-electron chi connectivity index (χ2n) is 13.2. The number of nitrogens with zero attached hydrogens (tertiary/aromatic N) is 8. The minimum atomic E-state index is -5.92. The van der Waals surface area contributed by atoms with Crippen LogP contribution in [0.25, 0.3) is 11.2 Å². The number of anilines is 4. The zero-order valence-corrected chi connectivity index (χ0v) is 32.5. The number of phosphoric acid groups is 3. The van der Waals surface area contributed by atoms with E-state index in [1.807, 2.05) is 23.9 Å². The number of morpholine rings is 1. The summed E-state index contributed by atoms with van der Waals surface area (Å²) in [6.07, 6.45) is -7.25. The van der Waals surface area contributed by atoms with E-state index in [0.29, 0.717) is 19.6 Å². The van der Waals surface area contributed by atoms with E-state index >= 15 is 0 Å². The van der Waals surface area contributed by atoms with Gasteiger partial charge in [0.1, 0.15) is 30.2 Å². The highest BCUT2D eigenvalue weighted by molar-refractivity contribution is 7.66. The van der Waals surface area contributed by atoms with Crippen LogP contribution in [0, 0.1) is 0 Å². The van der Waals surface area contributed by atoms with Crippen molar-refractivity contribution in [1.82, 2.24) is 39.3 Å². The van der Waals surface area contributed by atoms with Crippen molar-refractivity contribution in [3.05, 3.63) is 27.0 Å². The Bertz CT molecular complexity index is 2190. The average molecular weight is 859 g/mol. The first-order valence-corrected chi connectivity index (χ1v) is 20.9. The van der Waals surface area contributed by atoms with Crippen LogP contribution in [0.4, 0.5) is 23.4 Å². The molecule has 28 nitrogen and oxygen atoms in total. The van der Waals surface area contributed by atoms with Gasteiger partial charge in [-0.15, -0.1) is 0 Å². The van der Waals surface area contributed by atoms with Crippen molar-refractivity contribution >= 4 is 58.0 Å². The summed E-state index contributed by atoms with van der Waals surface area (Å²) in [7, 11) is -11.7. The van der Waals surface area contributed by atoms with Crippen LogP contribution < -0.4 is 32.4 Å². The summed E-state index contributed by atoms with van der Waals surface area (Å²) in [5.74, 6) is -0.167. The number of H-pyrrole nitrogens is 2. The second kappa shape index (κ2) is 16.1. The molecule has 0 amide bonds. The highest BCUT2D eigenvalue weighted by Gasteiger charge is 2.48. The quantitative estimate of drug-likeness (QED) is 0.0682. The van der Waals surface area contributed by atoms with Crippen molar-refractivity contribution in [2.24, 2.45) is 0 Å². The maximum absolute atomic E-state index is 12.8. The molecule has 2 fully saturated rings. The molecule has 3 unspecified atom stereocenters. The van der Waals surface area contributed by atoms with Gasteiger partial charge in [-0.1, -0.05) is 0 Å². The Kier molecular flexibility index (Phi) is 12.1. The molecule has 0 spiro atoms. The van der Waals surface area contributed by atoms with Gasteiger partial charge in [0.15, 0.2) is 23.2 Å². The third-order valence-corrected chi connectivity index (χ3v) is 12.9. The number of phosphoric ester groups is 2. The molecular formula is C25H41N12O16P3. The lowest BCUT2D eigenvalue weighted by Gasteiger charge is -2.42. The monoisotopic (exact) mass is 858 g/mol. The fourth-order valence-electron chi connectivity index (χ4n) is 6.18. The molecule has 2 saturated heterocycles. The number of nitrogens with one attached hydrogen (secondary N) is 2. The molecule has 3 aromatic rings. The van der Waals surface area contributed by atoms with Gasteiger partial charge in [0.25, 0.3) is 11.1 Å². The molecule has 31 heteroatoms. The number of fused-ring (bicyclic) bond motifs is 2. The smallest absolute Gasteiger partial charge is 0.387 e. The summed E-state index contributed by atoms with van der Waals surface area (Å²) in [5.41, 5.74) is 10.1. The fraction of sp³-hybridized carbons (Fsp3) is 0.640. The first-order valence-electron chi connectivity index (χ1n) is 16.5. The Hall–Kier alpha value is -3.40. The molecule has 11 N–H and O–H groups in total. The number of hydrogen-bond donors (Lipinski definition) is 9. The Labute approximate surface area is 315 Å². The zero-order chi connectivity index (χ0) is 40.9. The van der Waals surface area contributed by atoms with Crippen LogP contribution in [0.5, 0.6) is 0 Å². The van der Waals surface area contributed by atoms with Crippen molar-refractivity contribution in [3.63, 3.8) is 0 Å². The van der Waals surface area contributed by atoms with Crippen molar-refractivity contribution in [2.45, 2.75) is 36.9 Å². The number of aliphatic hydroxyl groups excluding tert-OH is 2. The predicted octanol–water partition coefficient (Wildman–Crippen LogP) is -3.14. The van der Waals surface area contributed by atoms with Crippen LogP contribution in [-0.4, -0.2) is 162 Å². The number of aliphatic hydroxyl groups is 2. The molecule has 56 heavy (non-hydrogen) atoms. The first-order chi connectivity index (χ1) is 26.1. The average Bonchev–Trinajstić information content (AvgIpc) is 3.74. The molecule has 3 aliphatic heterocycles. The maximum atomic E-state index is 12.8. The summed E-state index contributed by atoms with van der Waals surface area (Å²) in [5, 5.41) is 21.1. The molecule has 3 aromatic heterocycles. The Balaban J connectivity index is 1.05. The van der Waals surface area contributed by atoms with Gasteiger partial charge in [-0.05, 0) is 14.1 Å². The summed E-state index contributed by atoms with van der Waals surface area (Å²) < 4.78 is 68.8. The van der Waals surface area contributed by atoms with Crippen molar-refractivity contribution in [1.29, 1.82) is 0 Å². The largest absolute Gasteiger partial charge is 0.490 e. The van der Waals surface area contributed by atoms with Crippen molar-refractivity contribution in [3.8, 4) is 0 Å². The van der Waals surface area contributed by atoms with Crippen LogP contribution >= 0.6 is 23.5 Å². The van der Waals surface area contributed by atoms with Gasteiger partial charge in [0, 0.05) is 33.2 Å². The number of nitrogens with two attached hydrogens (primary N) is 2. The zero-order valence-electron chi connectivity index (χ0n) is 29.8. The van der Waals surface area contributed by atoms with E-state index in [1.165, 1.54) is 0 Å². The van der Waals surface area contributed by atoms with Crippen LogP contribution in [0.15, 0.2) is 15.9 Å². The predicted molar refractivity (Wildman–Crippen MR) is 191 cm³/mol. The number of imidazole rings is 1. The lowest BCUT2D eigenvalue weighted by Crippen LogP contribution is -2.57. The highest BCUT2D eigenvalue weighted by Crippen LogP contribution is 2.67. The maximum Gasteiger partial charge on any atom is 0.490 e. The lowest BCUT2D eigenvalue weighted by atomic mass is 10.1. The Morgan fingerprint density at radius 2 is 1.57 bits per heavy atom. The van der Waals surface area contributed by atoms with E-state index < -0.39 is 84.7 Å². The van der Waals surface area contributed by atoms with Gasteiger partial charge in [0.05, 0.1) is 32.3 Å². The number of likely N-dealkylation sites (N-methyl/N-ethyl adjacent to an activating group) is 1. The van der Waals surface area contributed by atoms with E-state index in [0.717, 1.165) is 10.9 Å². The summed E-state index contributed by atoms with van der Waals surface area (Å²) in [6.45, 7) is 0.0262. The fourth-order valence-corrected chi connectivity index (χ4v) is 9.72. The van der Waals surface area contributed by atoms with Crippen LogP contribution in [-0.2, 0) is 40.8 Å². The van der Waals surface area contributed by atoms with Crippen LogP contribution in [0.2, 0.25) is 0 Å². The van der Waals surface area contributed by atoms with Gasteiger partial charge in [-0.25, -0.2) is 18.7 Å². The molecule has 0 bridgehead atoms. The summed E-state index contributed by atoms with van der Waals surface area (Å²) in [4.78, 5) is 79.3. The number of nitrogen functional groups attached to an aromatic ring is 2. The minimum absolute atomic E-state index is 0.124. The van der Waals surface area contributed by atoms with Gasteiger partial charge >= 0.3 is 23.5 Å². The lowest BCUT2D eigenvalue weighted by molar-refractivity contribution is -0.102. The third-order valence-electron chi connectivity index (χ3n) is 8.65. The topological polar surface area (TPSA) is 382 Å². The molecule has 0 saturated carbocycles. The SMILES string of the molecule is CN(C)CCN1C[C@@H](COP(=O)(O)OP(=O)(O)OP(=O)(O)OC[C@H]2O[C@@H](n3cnc4c(=O)[nH]c(N)nc43)[C@H](O)[C@@H]2O)O[C@@H](N2CN(C)c3c2nc(N)[nH]c3=O)C1. The second-order valence-corrected chi connectivity index (χ2v) is 17.8. The Morgan fingerprint density at radius 1 is 0.929 bits per heavy atom. The summed E-state index contributed by atoms with van der Waals surface area (Å²) >= 11 is 0. The number of ether oxygens (including phenoxy) is 2. The number of aromatic nitrogens is 6. The molecule has 0 aliphatic carbocycles. The van der Waals surface area contributed by atoms with Crippen LogP contribution in [0.1, 0.15) is 6.23 Å². The molecule has 9 atom stereocenters. The van der Waals surface area contributed by atoms with Gasteiger partial charge in [-0.2, -0.15) is 18.6 Å². The molecule has 312 valence electrons. The van der Waals surface area contributed by atoms with E-state index in [2.05, 4.69) is 38.1 Å². The molecular weight excluding hydrogens is 817 g/mol. The number of rotatable bonds is 15. The van der Waals surface area contributed by atoms with Crippen molar-refractivity contribution in [2.75, 3.05) is 88.5 Å². The van der Waals surface area contributed by atoms with E-state index in [4.69, 9.17) is 25.5 Å². The summed E-state index contributed by atoms with van der Waals surface area (Å²) in [6, 6.07) is 0. The molecule has 0 aromatic carbocycles. The molecule has 0 radical (unpaired) electrons. The van der Waals surface area contributed by atoms with Crippen molar-refractivity contribution < 1.29 is 65.7 Å². The molecule has 6 heterocycles. The van der Waals surface area contributed by atoms with E-state index in [1.54, 1.807) is 16.8 Å². The standard InChI is InChI=1S/C25H41N12O16P3/c1-33(2)4-5-35-6-12(50-14(7-35)37-11-34(3)16-20(37)30-25(27)32-22(16)41)8-48-54(42,43)52-56(46,47)53-55(44,45)49-9-13-17(38)18(39)23(51-13)36-10-28-15-19(36)29-24(26)31-21(15)40/h10,12-14,17-18,23,38-39H,4-9,11H2,1-3H3,(H,42,43)(H,44,45)(H,46,47)(H3,26,29,31,40)(H3,27,30,32,41)/t12-,13+,14+,17+,18+,23+/m0/s1. The highest BCUT2D eigenvalue weighted by atomic mass is 31.3. The number of hydrogen-bond acceptors (Lipinski definition) is 22. The third kappa shape index (κ3) is 9.48. The van der Waals surface area contributed by atoms with Gasteiger partial charge in [0.2, 0.25) is 11.9 Å². The van der Waals surface area contributed by atoms with E-state index in [-0.39, 0.29) is 47.8 Å². The molecule has 6 rings (SSSR count).